The number of nitrogens with one attached hydrogen (secondary N) is 1. The molecule has 1 aliphatic heterocycles. The fourth-order valence-corrected chi connectivity index (χ4v) is 2.29. The molecule has 18 heavy (non-hydrogen) atoms. The zero-order valence-corrected chi connectivity index (χ0v) is 9.89. The minimum absolute atomic E-state index is 0.0475. The first-order valence-corrected chi connectivity index (χ1v) is 5.91. The van der Waals surface area contributed by atoms with Gasteiger partial charge in [-0.2, -0.15) is 5.10 Å². The number of aromatic nitrogens is 2. The van der Waals surface area contributed by atoms with Crippen molar-refractivity contribution in [2.45, 2.75) is 13.0 Å². The van der Waals surface area contributed by atoms with Gasteiger partial charge in [-0.3, -0.25) is 9.89 Å². The smallest absolute Gasteiger partial charge is 0.272 e. The average Bonchev–Trinajstić information content (AvgIpc) is 2.84. The number of anilines is 1. The van der Waals surface area contributed by atoms with E-state index in [2.05, 4.69) is 22.3 Å². The Morgan fingerprint density at radius 1 is 1.33 bits per heavy atom. The largest absolute Gasteiger partial charge is 0.382 e. The molecule has 0 atom stereocenters. The van der Waals surface area contributed by atoms with Gasteiger partial charge in [0.1, 0.15) is 11.5 Å². The van der Waals surface area contributed by atoms with Crippen LogP contribution < -0.4 is 5.73 Å². The number of carbonyl (C=O) groups excluding carboxylic acids is 1. The summed E-state index contributed by atoms with van der Waals surface area (Å²) in [5.41, 5.74) is 8.50. The maximum atomic E-state index is 12.2. The number of rotatable bonds is 1. The fraction of sp³-hybridized carbons (Fsp3) is 0.231. The highest BCUT2D eigenvalue weighted by atomic mass is 16.2. The first-order chi connectivity index (χ1) is 8.74. The molecule has 5 nitrogen and oxygen atoms in total. The molecule has 0 saturated carbocycles. The molecule has 1 aromatic heterocycles. The number of H-pyrrole nitrogens is 1. The molecule has 3 N–H and O–H groups in total. The van der Waals surface area contributed by atoms with E-state index < -0.39 is 0 Å². The quantitative estimate of drug-likeness (QED) is 0.788. The Balaban J connectivity index is 1.82. The number of aromatic amines is 1. The zero-order valence-electron chi connectivity index (χ0n) is 9.89. The van der Waals surface area contributed by atoms with Gasteiger partial charge in [-0.25, -0.2) is 0 Å². The number of carbonyl (C=O) groups is 1. The van der Waals surface area contributed by atoms with Crippen molar-refractivity contribution >= 4 is 11.7 Å². The van der Waals surface area contributed by atoms with Crippen LogP contribution in [0.1, 0.15) is 21.6 Å². The van der Waals surface area contributed by atoms with E-state index >= 15 is 0 Å². The van der Waals surface area contributed by atoms with Crippen molar-refractivity contribution in [3.63, 3.8) is 0 Å². The normalized spacial score (nSPS) is 14.3. The maximum Gasteiger partial charge on any atom is 0.272 e. The summed E-state index contributed by atoms with van der Waals surface area (Å²) in [6, 6.07) is 9.79. The van der Waals surface area contributed by atoms with Crippen molar-refractivity contribution in [1.82, 2.24) is 15.1 Å². The molecule has 0 saturated heterocycles. The molecule has 92 valence electrons. The number of benzene rings is 1. The zero-order chi connectivity index (χ0) is 12.5. The molecular weight excluding hydrogens is 228 g/mol. The van der Waals surface area contributed by atoms with Crippen LogP contribution in [0, 0.1) is 0 Å². The number of hydrogen-bond donors (Lipinski definition) is 2. The van der Waals surface area contributed by atoms with E-state index in [-0.39, 0.29) is 5.91 Å². The third kappa shape index (κ3) is 1.84. The summed E-state index contributed by atoms with van der Waals surface area (Å²) in [4.78, 5) is 14.0. The van der Waals surface area contributed by atoms with Crippen LogP contribution in [0.4, 0.5) is 5.82 Å². The van der Waals surface area contributed by atoms with Crippen molar-refractivity contribution < 1.29 is 4.79 Å². The molecule has 2 aromatic rings. The molecule has 0 spiro atoms. The van der Waals surface area contributed by atoms with E-state index in [1.165, 1.54) is 11.1 Å². The molecule has 0 fully saturated rings. The summed E-state index contributed by atoms with van der Waals surface area (Å²) in [5, 5.41) is 6.44. The predicted octanol–water partition coefficient (Wildman–Crippen LogP) is 1.19. The number of nitrogen functional groups attached to an aromatic ring is 1. The summed E-state index contributed by atoms with van der Waals surface area (Å²) in [5.74, 6) is 0.296. The lowest BCUT2D eigenvalue weighted by Gasteiger charge is -2.28. The van der Waals surface area contributed by atoms with Gasteiger partial charge in [0.05, 0.1) is 0 Å². The SMILES string of the molecule is Nc1cc(C(=O)N2CCc3ccccc3C2)[nH]n1. The highest BCUT2D eigenvalue weighted by Gasteiger charge is 2.22. The number of nitrogens with zero attached hydrogens (tertiary/aromatic N) is 2. The van der Waals surface area contributed by atoms with E-state index in [0.29, 0.717) is 18.1 Å². The Bertz CT molecular complexity index is 590. The predicted molar refractivity (Wildman–Crippen MR) is 67.9 cm³/mol. The van der Waals surface area contributed by atoms with Gasteiger partial charge in [0.2, 0.25) is 0 Å². The first kappa shape index (κ1) is 10.8. The molecule has 0 aliphatic carbocycles. The van der Waals surface area contributed by atoms with Gasteiger partial charge in [-0.15, -0.1) is 0 Å². The van der Waals surface area contributed by atoms with Gasteiger partial charge in [0.15, 0.2) is 0 Å². The van der Waals surface area contributed by atoms with Crippen LogP contribution in [-0.2, 0) is 13.0 Å². The number of fused-ring (bicyclic) bond motifs is 1. The maximum absolute atomic E-state index is 12.2. The second-order valence-electron chi connectivity index (χ2n) is 4.45. The first-order valence-electron chi connectivity index (χ1n) is 5.91. The highest BCUT2D eigenvalue weighted by molar-refractivity contribution is 5.93. The lowest BCUT2D eigenvalue weighted by atomic mass is 10.00. The Kier molecular flexibility index (Phi) is 2.51. The molecule has 1 amide bonds. The third-order valence-corrected chi connectivity index (χ3v) is 3.25. The summed E-state index contributed by atoms with van der Waals surface area (Å²) in [7, 11) is 0. The van der Waals surface area contributed by atoms with Crippen LogP contribution >= 0.6 is 0 Å². The monoisotopic (exact) mass is 242 g/mol. The van der Waals surface area contributed by atoms with Crippen LogP contribution in [0.25, 0.3) is 0 Å². The Morgan fingerprint density at radius 2 is 2.11 bits per heavy atom. The van der Waals surface area contributed by atoms with Gasteiger partial charge < -0.3 is 10.6 Å². The average molecular weight is 242 g/mol. The molecule has 3 rings (SSSR count). The van der Waals surface area contributed by atoms with Gasteiger partial charge in [-0.05, 0) is 17.5 Å². The van der Waals surface area contributed by atoms with Crippen molar-refractivity contribution in [1.29, 1.82) is 0 Å². The number of nitrogens with two attached hydrogens (primary N) is 1. The summed E-state index contributed by atoms with van der Waals surface area (Å²) >= 11 is 0. The summed E-state index contributed by atoms with van der Waals surface area (Å²) in [6.07, 6.45) is 0.894. The lowest BCUT2D eigenvalue weighted by Crippen LogP contribution is -2.36. The molecule has 1 aliphatic rings. The molecule has 0 radical (unpaired) electrons. The molecule has 0 bridgehead atoms. The number of hydrogen-bond acceptors (Lipinski definition) is 3. The highest BCUT2D eigenvalue weighted by Crippen LogP contribution is 2.20. The van der Waals surface area contributed by atoms with Crippen LogP contribution in [0.5, 0.6) is 0 Å². The second kappa shape index (κ2) is 4.18. The van der Waals surface area contributed by atoms with E-state index in [0.717, 1.165) is 13.0 Å². The Labute approximate surface area is 105 Å². The van der Waals surface area contributed by atoms with Crippen LogP contribution in [0.2, 0.25) is 0 Å². The van der Waals surface area contributed by atoms with Crippen molar-refractivity contribution in [3.05, 3.63) is 47.2 Å². The topological polar surface area (TPSA) is 75.0 Å². The van der Waals surface area contributed by atoms with E-state index in [9.17, 15) is 4.79 Å². The second-order valence-corrected chi connectivity index (χ2v) is 4.45. The van der Waals surface area contributed by atoms with Crippen molar-refractivity contribution in [2.24, 2.45) is 0 Å². The van der Waals surface area contributed by atoms with Crippen molar-refractivity contribution in [2.75, 3.05) is 12.3 Å². The standard InChI is InChI=1S/C13H14N4O/c14-12-7-11(15-16-12)13(18)17-6-5-9-3-1-2-4-10(9)8-17/h1-4,7H,5-6,8H2,(H3,14,15,16). The van der Waals surface area contributed by atoms with E-state index in [1.54, 1.807) is 6.07 Å². The van der Waals surface area contributed by atoms with Gasteiger partial charge in [0, 0.05) is 19.2 Å². The molecule has 1 aromatic carbocycles. The Hall–Kier alpha value is -2.30. The third-order valence-electron chi connectivity index (χ3n) is 3.25. The van der Waals surface area contributed by atoms with Gasteiger partial charge in [-0.1, -0.05) is 24.3 Å². The Morgan fingerprint density at radius 3 is 2.83 bits per heavy atom. The number of amides is 1. The minimum Gasteiger partial charge on any atom is -0.382 e. The fourth-order valence-electron chi connectivity index (χ4n) is 2.29. The molecular formula is C13H14N4O. The molecule has 5 heteroatoms. The van der Waals surface area contributed by atoms with Crippen LogP contribution in [-0.4, -0.2) is 27.5 Å². The molecule has 2 heterocycles. The van der Waals surface area contributed by atoms with Crippen LogP contribution in [0.15, 0.2) is 30.3 Å². The van der Waals surface area contributed by atoms with Gasteiger partial charge >= 0.3 is 0 Å². The van der Waals surface area contributed by atoms with E-state index in [1.807, 2.05) is 17.0 Å². The lowest BCUT2D eigenvalue weighted by molar-refractivity contribution is 0.0728. The van der Waals surface area contributed by atoms with Gasteiger partial charge in [0.25, 0.3) is 5.91 Å². The summed E-state index contributed by atoms with van der Waals surface area (Å²) in [6.45, 7) is 1.38. The van der Waals surface area contributed by atoms with Crippen molar-refractivity contribution in [3.8, 4) is 0 Å². The van der Waals surface area contributed by atoms with Crippen LogP contribution in [0.3, 0.4) is 0 Å². The molecule has 0 unspecified atom stereocenters. The summed E-state index contributed by atoms with van der Waals surface area (Å²) < 4.78 is 0. The minimum atomic E-state index is -0.0475. The van der Waals surface area contributed by atoms with E-state index in [4.69, 9.17) is 5.73 Å².